The van der Waals surface area contributed by atoms with Crippen LogP contribution in [0.25, 0.3) is 23.1 Å². The molecule has 0 saturated carbocycles. The number of rotatable bonds is 5. The molecule has 3 aromatic rings. The number of nitrogens with zero attached hydrogens (tertiary/aromatic N) is 3. The number of nitrogens with one attached hydrogen (secondary N) is 1. The fraction of sp³-hybridized carbons (Fsp3) is 0.261. The van der Waals surface area contributed by atoms with Crippen LogP contribution < -0.4 is 5.73 Å². The topological polar surface area (TPSA) is 116 Å². The van der Waals surface area contributed by atoms with Crippen LogP contribution in [0.4, 0.5) is 0 Å². The molecule has 1 fully saturated rings. The molecule has 0 radical (unpaired) electrons. The van der Waals surface area contributed by atoms with Crippen molar-refractivity contribution >= 4 is 59.7 Å². The average molecular weight is 492 g/mol. The number of aromatic amines is 1. The van der Waals surface area contributed by atoms with E-state index in [2.05, 4.69) is 10.2 Å². The SMILES string of the molecule is Cl.Cl.NC(CO)C(=O)N1CCN(C(=O)c2ccc(/C=C/c3n[nH]c4ccccc34)cc2)CC1. The van der Waals surface area contributed by atoms with Crippen molar-refractivity contribution < 1.29 is 14.7 Å². The Labute approximate surface area is 204 Å². The molecule has 4 N–H and O–H groups in total. The highest BCUT2D eigenvalue weighted by molar-refractivity contribution is 5.95. The molecule has 176 valence electrons. The third-order valence-electron chi connectivity index (χ3n) is 5.48. The van der Waals surface area contributed by atoms with Crippen molar-refractivity contribution in [2.24, 2.45) is 5.73 Å². The standard InChI is InChI=1S/C23H25N5O3.2ClH/c24-19(15-29)23(31)28-13-11-27(12-14-28)22(30)17-8-5-16(6-9-17)7-10-21-18-3-1-2-4-20(18)25-26-21;;/h1-10,19,29H,11-15,24H2,(H,25,26);2*1H/b10-7+;;. The van der Waals surface area contributed by atoms with Crippen molar-refractivity contribution in [1.82, 2.24) is 20.0 Å². The van der Waals surface area contributed by atoms with Crippen molar-refractivity contribution in [1.29, 1.82) is 0 Å². The number of H-pyrrole nitrogens is 1. The Morgan fingerprint density at radius 3 is 2.30 bits per heavy atom. The first-order valence-electron chi connectivity index (χ1n) is 10.2. The van der Waals surface area contributed by atoms with Crippen LogP contribution in [-0.4, -0.2) is 75.7 Å². The number of fused-ring (bicyclic) bond motifs is 1. The number of hydrogen-bond acceptors (Lipinski definition) is 5. The molecular weight excluding hydrogens is 465 g/mol. The highest BCUT2D eigenvalue weighted by Gasteiger charge is 2.27. The van der Waals surface area contributed by atoms with Crippen LogP contribution in [0.3, 0.4) is 0 Å². The number of aliphatic hydroxyl groups is 1. The third kappa shape index (κ3) is 5.91. The first-order valence-corrected chi connectivity index (χ1v) is 10.2. The molecule has 0 aliphatic carbocycles. The zero-order valence-corrected chi connectivity index (χ0v) is 19.5. The fourth-order valence-corrected chi connectivity index (χ4v) is 3.65. The summed E-state index contributed by atoms with van der Waals surface area (Å²) in [6, 6.07) is 14.5. The van der Waals surface area contributed by atoms with Crippen molar-refractivity contribution in [2.45, 2.75) is 6.04 Å². The summed E-state index contributed by atoms with van der Waals surface area (Å²) < 4.78 is 0. The molecule has 10 heteroatoms. The van der Waals surface area contributed by atoms with E-state index in [1.807, 2.05) is 60.7 Å². The van der Waals surface area contributed by atoms with Crippen LogP contribution in [0, 0.1) is 0 Å². The maximum absolute atomic E-state index is 12.8. The van der Waals surface area contributed by atoms with E-state index in [1.165, 1.54) is 0 Å². The number of hydrogen-bond donors (Lipinski definition) is 3. The number of nitrogens with two attached hydrogens (primary N) is 1. The van der Waals surface area contributed by atoms with E-state index in [1.54, 1.807) is 9.80 Å². The van der Waals surface area contributed by atoms with Crippen LogP contribution in [0.5, 0.6) is 0 Å². The molecule has 0 bridgehead atoms. The lowest BCUT2D eigenvalue weighted by molar-refractivity contribution is -0.134. The van der Waals surface area contributed by atoms with Crippen LogP contribution in [0.15, 0.2) is 48.5 Å². The van der Waals surface area contributed by atoms with E-state index in [0.717, 1.165) is 22.2 Å². The number of halogens is 2. The summed E-state index contributed by atoms with van der Waals surface area (Å²) in [5.41, 5.74) is 9.03. The van der Waals surface area contributed by atoms with E-state index >= 15 is 0 Å². The predicted octanol–water partition coefficient (Wildman–Crippen LogP) is 2.18. The second kappa shape index (κ2) is 11.8. The van der Waals surface area contributed by atoms with E-state index in [4.69, 9.17) is 10.8 Å². The monoisotopic (exact) mass is 491 g/mol. The van der Waals surface area contributed by atoms with Crippen LogP contribution in [-0.2, 0) is 4.79 Å². The summed E-state index contributed by atoms with van der Waals surface area (Å²) in [5.74, 6) is -0.345. The molecule has 1 aliphatic heterocycles. The Balaban J connectivity index is 0.00000193. The van der Waals surface area contributed by atoms with Gasteiger partial charge in [-0.05, 0) is 29.8 Å². The Morgan fingerprint density at radius 2 is 1.64 bits per heavy atom. The van der Waals surface area contributed by atoms with Gasteiger partial charge in [-0.2, -0.15) is 5.10 Å². The molecule has 33 heavy (non-hydrogen) atoms. The van der Waals surface area contributed by atoms with Gasteiger partial charge in [-0.15, -0.1) is 24.8 Å². The molecular formula is C23H27Cl2N5O3. The lowest BCUT2D eigenvalue weighted by Crippen LogP contribution is -2.55. The van der Waals surface area contributed by atoms with Gasteiger partial charge in [0.2, 0.25) is 5.91 Å². The molecule has 4 rings (SSSR count). The lowest BCUT2D eigenvalue weighted by Gasteiger charge is -2.35. The molecule has 1 atom stereocenters. The van der Waals surface area contributed by atoms with E-state index in [0.29, 0.717) is 31.7 Å². The van der Waals surface area contributed by atoms with Gasteiger partial charge >= 0.3 is 0 Å². The van der Waals surface area contributed by atoms with Gasteiger partial charge < -0.3 is 20.6 Å². The Bertz CT molecular complexity index is 1110. The number of aromatic nitrogens is 2. The Morgan fingerprint density at radius 1 is 1.00 bits per heavy atom. The summed E-state index contributed by atoms with van der Waals surface area (Å²) in [6.45, 7) is 1.33. The smallest absolute Gasteiger partial charge is 0.253 e. The second-order valence-corrected chi connectivity index (χ2v) is 7.52. The normalized spacial score (nSPS) is 14.6. The van der Waals surface area contributed by atoms with Gasteiger partial charge in [-0.3, -0.25) is 14.7 Å². The van der Waals surface area contributed by atoms with Gasteiger partial charge in [0.1, 0.15) is 6.04 Å². The predicted molar refractivity (Wildman–Crippen MR) is 134 cm³/mol. The number of aliphatic hydroxyl groups excluding tert-OH is 1. The minimum atomic E-state index is -0.901. The number of amides is 2. The maximum atomic E-state index is 12.8. The summed E-state index contributed by atoms with van der Waals surface area (Å²) in [6.07, 6.45) is 3.91. The van der Waals surface area contributed by atoms with Gasteiger partial charge in [-0.1, -0.05) is 36.4 Å². The molecule has 2 amide bonds. The summed E-state index contributed by atoms with van der Waals surface area (Å²) in [4.78, 5) is 28.2. The van der Waals surface area contributed by atoms with Gasteiger partial charge in [0.15, 0.2) is 0 Å². The van der Waals surface area contributed by atoms with Gasteiger partial charge in [0, 0.05) is 37.1 Å². The first kappa shape index (κ1) is 26.3. The van der Waals surface area contributed by atoms with Gasteiger partial charge in [0.05, 0.1) is 17.8 Å². The number of carbonyl (C=O) groups excluding carboxylic acids is 2. The summed E-state index contributed by atoms with van der Waals surface area (Å²) >= 11 is 0. The summed E-state index contributed by atoms with van der Waals surface area (Å²) in [7, 11) is 0. The molecule has 1 aliphatic rings. The minimum absolute atomic E-state index is 0. The average Bonchev–Trinajstić information content (AvgIpc) is 3.25. The number of piperazine rings is 1. The highest BCUT2D eigenvalue weighted by Crippen LogP contribution is 2.18. The van der Waals surface area contributed by atoms with E-state index < -0.39 is 6.04 Å². The zero-order valence-electron chi connectivity index (χ0n) is 17.9. The quantitative estimate of drug-likeness (QED) is 0.505. The molecule has 1 saturated heterocycles. The number of para-hydroxylation sites is 1. The largest absolute Gasteiger partial charge is 0.394 e. The van der Waals surface area contributed by atoms with Gasteiger partial charge in [0.25, 0.3) is 5.91 Å². The second-order valence-electron chi connectivity index (χ2n) is 7.52. The first-order chi connectivity index (χ1) is 15.1. The van der Waals surface area contributed by atoms with Crippen molar-refractivity contribution in [3.63, 3.8) is 0 Å². The Hall–Kier alpha value is -2.91. The summed E-state index contributed by atoms with van der Waals surface area (Å²) in [5, 5.41) is 17.4. The van der Waals surface area contributed by atoms with Crippen LogP contribution in [0.1, 0.15) is 21.6 Å². The third-order valence-corrected chi connectivity index (χ3v) is 5.48. The lowest BCUT2D eigenvalue weighted by atomic mass is 10.1. The van der Waals surface area contributed by atoms with E-state index in [9.17, 15) is 9.59 Å². The number of carbonyl (C=O) groups is 2. The number of benzene rings is 2. The minimum Gasteiger partial charge on any atom is -0.394 e. The van der Waals surface area contributed by atoms with Crippen molar-refractivity contribution in [3.8, 4) is 0 Å². The highest BCUT2D eigenvalue weighted by atomic mass is 35.5. The molecule has 0 spiro atoms. The fourth-order valence-electron chi connectivity index (χ4n) is 3.65. The van der Waals surface area contributed by atoms with Crippen molar-refractivity contribution in [3.05, 3.63) is 65.4 Å². The zero-order chi connectivity index (χ0) is 21.8. The molecule has 1 unspecified atom stereocenters. The van der Waals surface area contributed by atoms with Crippen LogP contribution in [0.2, 0.25) is 0 Å². The Kier molecular flexibility index (Phi) is 9.43. The molecule has 1 aromatic heterocycles. The molecule has 2 heterocycles. The van der Waals surface area contributed by atoms with Crippen LogP contribution >= 0.6 is 24.8 Å². The van der Waals surface area contributed by atoms with Crippen molar-refractivity contribution in [2.75, 3.05) is 32.8 Å². The van der Waals surface area contributed by atoms with E-state index in [-0.39, 0.29) is 43.2 Å². The van der Waals surface area contributed by atoms with Gasteiger partial charge in [-0.25, -0.2) is 0 Å². The molecule has 8 nitrogen and oxygen atoms in total. The molecule has 2 aromatic carbocycles. The maximum Gasteiger partial charge on any atom is 0.253 e.